The third-order valence-electron chi connectivity index (χ3n) is 6.98. The number of hydrogen-bond acceptors (Lipinski definition) is 4. The molecule has 4 aromatic rings. The number of nitrogens with one attached hydrogen (secondary N) is 1. The summed E-state index contributed by atoms with van der Waals surface area (Å²) in [6.07, 6.45) is 2.51. The van der Waals surface area contributed by atoms with Gasteiger partial charge in [0, 0.05) is 35.7 Å². The summed E-state index contributed by atoms with van der Waals surface area (Å²) in [5.74, 6) is 1.62. The molecule has 0 amide bonds. The van der Waals surface area contributed by atoms with Crippen molar-refractivity contribution in [1.29, 1.82) is 0 Å². The maximum Gasteiger partial charge on any atom is 0.304 e. The summed E-state index contributed by atoms with van der Waals surface area (Å²) >= 11 is 0. The number of fused-ring (bicyclic) bond motifs is 2. The second-order valence-corrected chi connectivity index (χ2v) is 9.34. The van der Waals surface area contributed by atoms with Crippen LogP contribution in [0.2, 0.25) is 0 Å². The molecule has 0 saturated heterocycles. The number of nitrogens with zero attached hydrogens (tertiary/aromatic N) is 2. The van der Waals surface area contributed by atoms with Gasteiger partial charge in [-0.2, -0.15) is 0 Å². The van der Waals surface area contributed by atoms with E-state index in [1.165, 1.54) is 35.5 Å². The van der Waals surface area contributed by atoms with Crippen molar-refractivity contribution < 1.29 is 14.6 Å². The number of hydrogen-bond donors (Lipinski definition) is 2. The second-order valence-electron chi connectivity index (χ2n) is 9.34. The number of anilines is 1. The van der Waals surface area contributed by atoms with Gasteiger partial charge in [-0.3, -0.25) is 9.36 Å². The minimum absolute atomic E-state index is 0.0776. The first kappa shape index (κ1) is 20.8. The molecule has 1 aromatic heterocycles. The van der Waals surface area contributed by atoms with Crippen molar-refractivity contribution in [2.24, 2.45) is 0 Å². The van der Waals surface area contributed by atoms with Crippen LogP contribution in [0, 0.1) is 6.92 Å². The Kier molecular flexibility index (Phi) is 5.01. The average Bonchev–Trinajstić information content (AvgIpc) is 3.51. The SMILES string of the molecule is Cc1c(CNc2ccc3c(c2)OCC3CC(=O)O)cccc1-n1c(C2CC2)nc2ccccc21. The molecule has 2 N–H and O–H groups in total. The largest absolute Gasteiger partial charge is 0.493 e. The van der Waals surface area contributed by atoms with Gasteiger partial charge in [0.1, 0.15) is 11.6 Å². The molecule has 1 aliphatic heterocycles. The van der Waals surface area contributed by atoms with Crippen molar-refractivity contribution in [3.05, 3.63) is 83.2 Å². The van der Waals surface area contributed by atoms with Gasteiger partial charge in [0.05, 0.1) is 29.7 Å². The van der Waals surface area contributed by atoms with Crippen LogP contribution in [-0.2, 0) is 11.3 Å². The Hall–Kier alpha value is -3.80. The standard InChI is InChI=1S/C28H27N3O3/c1-17-19(15-29-21-11-12-22-20(13-27(32)33)16-34-26(22)14-21)5-4-8-24(17)31-25-7-3-2-6-23(25)30-28(31)18-9-10-18/h2-8,11-12,14,18,20,29H,9-10,13,15-16H2,1H3,(H,32,33). The smallest absolute Gasteiger partial charge is 0.304 e. The second kappa shape index (κ2) is 8.20. The van der Waals surface area contributed by atoms with Gasteiger partial charge in [-0.15, -0.1) is 0 Å². The monoisotopic (exact) mass is 453 g/mol. The van der Waals surface area contributed by atoms with E-state index in [2.05, 4.69) is 53.2 Å². The average molecular weight is 454 g/mol. The lowest BCUT2D eigenvalue weighted by Crippen LogP contribution is -2.07. The summed E-state index contributed by atoms with van der Waals surface area (Å²) < 4.78 is 8.11. The summed E-state index contributed by atoms with van der Waals surface area (Å²) in [5, 5.41) is 12.6. The van der Waals surface area contributed by atoms with Crippen LogP contribution in [0.4, 0.5) is 5.69 Å². The molecule has 1 atom stereocenters. The first-order chi connectivity index (χ1) is 16.6. The van der Waals surface area contributed by atoms with Crippen molar-refractivity contribution in [2.75, 3.05) is 11.9 Å². The molecule has 2 heterocycles. The zero-order valence-corrected chi connectivity index (χ0v) is 19.1. The fourth-order valence-corrected chi connectivity index (χ4v) is 4.98. The van der Waals surface area contributed by atoms with E-state index in [9.17, 15) is 4.79 Å². The predicted molar refractivity (Wildman–Crippen MR) is 132 cm³/mol. The molecule has 6 heteroatoms. The molecule has 6 nitrogen and oxygen atoms in total. The van der Waals surface area contributed by atoms with Crippen LogP contribution in [0.5, 0.6) is 5.75 Å². The topological polar surface area (TPSA) is 76.4 Å². The molecule has 1 unspecified atom stereocenters. The highest BCUT2D eigenvalue weighted by molar-refractivity contribution is 5.79. The van der Waals surface area contributed by atoms with Gasteiger partial charge in [0.2, 0.25) is 0 Å². The van der Waals surface area contributed by atoms with E-state index in [1.807, 2.05) is 24.3 Å². The molecule has 172 valence electrons. The zero-order chi connectivity index (χ0) is 23.2. The first-order valence-corrected chi connectivity index (χ1v) is 11.9. The van der Waals surface area contributed by atoms with Crippen LogP contribution in [0.25, 0.3) is 16.7 Å². The number of carboxylic acid groups (broad SMARTS) is 1. The molecule has 0 bridgehead atoms. The summed E-state index contributed by atoms with van der Waals surface area (Å²) in [5.41, 5.74) is 7.79. The molecule has 2 aliphatic rings. The summed E-state index contributed by atoms with van der Waals surface area (Å²) in [4.78, 5) is 16.1. The first-order valence-electron chi connectivity index (χ1n) is 11.9. The van der Waals surface area contributed by atoms with Gasteiger partial charge in [-0.05, 0) is 55.2 Å². The van der Waals surface area contributed by atoms with Crippen LogP contribution in [-0.4, -0.2) is 27.2 Å². The Bertz CT molecular complexity index is 1400. The third kappa shape index (κ3) is 3.69. The Balaban J connectivity index is 1.27. The lowest BCUT2D eigenvalue weighted by Gasteiger charge is -2.16. The van der Waals surface area contributed by atoms with E-state index in [1.54, 1.807) is 0 Å². The highest BCUT2D eigenvalue weighted by Crippen LogP contribution is 2.42. The lowest BCUT2D eigenvalue weighted by atomic mass is 9.98. The molecule has 0 radical (unpaired) electrons. The van der Waals surface area contributed by atoms with Crippen LogP contribution in [0.15, 0.2) is 60.7 Å². The van der Waals surface area contributed by atoms with Crippen LogP contribution < -0.4 is 10.1 Å². The number of aromatic nitrogens is 2. The minimum Gasteiger partial charge on any atom is -0.493 e. The Morgan fingerprint density at radius 3 is 2.82 bits per heavy atom. The summed E-state index contributed by atoms with van der Waals surface area (Å²) in [7, 11) is 0. The molecule has 3 aromatic carbocycles. The number of benzene rings is 3. The summed E-state index contributed by atoms with van der Waals surface area (Å²) in [6, 6.07) is 20.8. The highest BCUT2D eigenvalue weighted by Gasteiger charge is 2.30. The van der Waals surface area contributed by atoms with Gasteiger partial charge in [0.25, 0.3) is 0 Å². The quantitative estimate of drug-likeness (QED) is 0.371. The maximum absolute atomic E-state index is 11.1. The van der Waals surface area contributed by atoms with E-state index < -0.39 is 5.97 Å². The number of ether oxygens (including phenoxy) is 1. The number of para-hydroxylation sites is 2. The van der Waals surface area contributed by atoms with E-state index in [4.69, 9.17) is 14.8 Å². The van der Waals surface area contributed by atoms with Crippen LogP contribution in [0.1, 0.15) is 53.6 Å². The van der Waals surface area contributed by atoms with Crippen molar-refractivity contribution in [3.63, 3.8) is 0 Å². The van der Waals surface area contributed by atoms with Crippen LogP contribution >= 0.6 is 0 Å². The van der Waals surface area contributed by atoms with Gasteiger partial charge in [-0.1, -0.05) is 30.3 Å². The van der Waals surface area contributed by atoms with Crippen molar-refractivity contribution in [3.8, 4) is 11.4 Å². The maximum atomic E-state index is 11.1. The normalized spacial score (nSPS) is 16.9. The number of imidazole rings is 1. The predicted octanol–water partition coefficient (Wildman–Crippen LogP) is 5.77. The minimum atomic E-state index is -0.797. The highest BCUT2D eigenvalue weighted by atomic mass is 16.5. The number of rotatable bonds is 7. The van der Waals surface area contributed by atoms with Gasteiger partial charge < -0.3 is 15.2 Å². The molecule has 0 spiro atoms. The third-order valence-corrected chi connectivity index (χ3v) is 6.98. The molecule has 1 saturated carbocycles. The molecule has 34 heavy (non-hydrogen) atoms. The number of carbonyl (C=O) groups is 1. The van der Waals surface area contributed by atoms with Gasteiger partial charge in [0.15, 0.2) is 0 Å². The van der Waals surface area contributed by atoms with Crippen molar-refractivity contribution >= 4 is 22.7 Å². The van der Waals surface area contributed by atoms with Crippen LogP contribution in [0.3, 0.4) is 0 Å². The molecule has 1 fully saturated rings. The summed E-state index contributed by atoms with van der Waals surface area (Å²) in [6.45, 7) is 3.29. The number of aliphatic carboxylic acids is 1. The van der Waals surface area contributed by atoms with Gasteiger partial charge >= 0.3 is 5.97 Å². The number of carboxylic acids is 1. The molecular formula is C28H27N3O3. The Morgan fingerprint density at radius 1 is 1.15 bits per heavy atom. The van der Waals surface area contributed by atoms with E-state index in [-0.39, 0.29) is 12.3 Å². The van der Waals surface area contributed by atoms with Crippen molar-refractivity contribution in [2.45, 2.75) is 44.6 Å². The Labute approximate surface area is 198 Å². The lowest BCUT2D eigenvalue weighted by molar-refractivity contribution is -0.137. The fourth-order valence-electron chi connectivity index (χ4n) is 4.98. The Morgan fingerprint density at radius 2 is 2.00 bits per heavy atom. The fraction of sp³-hybridized carbons (Fsp3) is 0.286. The van der Waals surface area contributed by atoms with Crippen molar-refractivity contribution in [1.82, 2.24) is 9.55 Å². The van der Waals surface area contributed by atoms with E-state index in [0.29, 0.717) is 19.1 Å². The zero-order valence-electron chi connectivity index (χ0n) is 19.1. The molecular weight excluding hydrogens is 426 g/mol. The van der Waals surface area contributed by atoms with Gasteiger partial charge in [-0.25, -0.2) is 4.98 Å². The molecule has 1 aliphatic carbocycles. The van der Waals surface area contributed by atoms with E-state index >= 15 is 0 Å². The van der Waals surface area contributed by atoms with E-state index in [0.717, 1.165) is 28.0 Å². The molecule has 6 rings (SSSR count).